The number of benzene rings is 2. The number of nitrogens with zero attached hydrogens (tertiary/aromatic N) is 2. The maximum absolute atomic E-state index is 10.6. The third-order valence-corrected chi connectivity index (χ3v) is 7.61. The van der Waals surface area contributed by atoms with Gasteiger partial charge in [-0.25, -0.2) is 4.98 Å². The number of aryl methyl sites for hydroxylation is 1. The average molecular weight is 436 g/mol. The first kappa shape index (κ1) is 20.5. The van der Waals surface area contributed by atoms with E-state index in [1.54, 1.807) is 0 Å². The van der Waals surface area contributed by atoms with Crippen molar-refractivity contribution in [1.29, 1.82) is 0 Å². The van der Waals surface area contributed by atoms with Crippen LogP contribution in [0.5, 0.6) is 5.75 Å². The van der Waals surface area contributed by atoms with E-state index in [-0.39, 0.29) is 0 Å². The van der Waals surface area contributed by atoms with Crippen LogP contribution >= 0.6 is 11.3 Å². The Kier molecular flexibility index (Phi) is 5.69. The van der Waals surface area contributed by atoms with Crippen LogP contribution in [-0.4, -0.2) is 51.8 Å². The summed E-state index contributed by atoms with van der Waals surface area (Å²) in [6.45, 7) is 6.31. The molecule has 31 heavy (non-hydrogen) atoms. The molecule has 5 nitrogen and oxygen atoms in total. The van der Waals surface area contributed by atoms with Crippen LogP contribution in [0.15, 0.2) is 48.7 Å². The summed E-state index contributed by atoms with van der Waals surface area (Å²) in [6.07, 6.45) is 3.56. The van der Waals surface area contributed by atoms with Crippen LogP contribution in [0.3, 0.4) is 0 Å². The summed E-state index contributed by atoms with van der Waals surface area (Å²) in [5.41, 5.74) is 3.46. The van der Waals surface area contributed by atoms with E-state index >= 15 is 0 Å². The summed E-state index contributed by atoms with van der Waals surface area (Å²) in [5.74, 6) is 1.32. The number of piperidine rings is 1. The normalized spacial score (nSPS) is 21.0. The molecular formula is C25H29N3O2S. The van der Waals surface area contributed by atoms with Crippen LogP contribution in [0.1, 0.15) is 36.3 Å². The Morgan fingerprint density at radius 1 is 1.26 bits per heavy atom. The van der Waals surface area contributed by atoms with Gasteiger partial charge in [-0.15, -0.1) is 11.3 Å². The Hall–Kier alpha value is -2.41. The topological polar surface area (TPSA) is 61.4 Å². The Balaban J connectivity index is 1.18. The number of rotatable bonds is 6. The lowest BCUT2D eigenvalue weighted by Gasteiger charge is -2.38. The number of para-hydroxylation sites is 1. The summed E-state index contributed by atoms with van der Waals surface area (Å²) in [6, 6.07) is 14.8. The second-order valence-corrected chi connectivity index (χ2v) is 9.76. The molecule has 0 radical (unpaired) electrons. The lowest BCUT2D eigenvalue weighted by Crippen LogP contribution is -2.45. The minimum Gasteiger partial charge on any atom is -0.490 e. The predicted molar refractivity (Wildman–Crippen MR) is 127 cm³/mol. The lowest BCUT2D eigenvalue weighted by atomic mass is 9.92. The van der Waals surface area contributed by atoms with E-state index in [4.69, 9.17) is 9.72 Å². The number of hydrogen-bond donors (Lipinski definition) is 2. The minimum absolute atomic E-state index is 0.300. The highest BCUT2D eigenvalue weighted by Gasteiger charge is 2.29. The van der Waals surface area contributed by atoms with Crippen LogP contribution in [0.4, 0.5) is 0 Å². The van der Waals surface area contributed by atoms with Crippen LogP contribution in [0.25, 0.3) is 21.1 Å². The summed E-state index contributed by atoms with van der Waals surface area (Å²) in [5, 5.41) is 12.9. The van der Waals surface area contributed by atoms with Gasteiger partial charge in [-0.05, 0) is 63.1 Å². The highest BCUT2D eigenvalue weighted by Crippen LogP contribution is 2.36. The fraction of sp³-hybridized carbons (Fsp3) is 0.400. The van der Waals surface area contributed by atoms with E-state index in [1.807, 2.05) is 41.8 Å². The molecule has 2 N–H and O–H groups in total. The first-order valence-electron chi connectivity index (χ1n) is 11.1. The van der Waals surface area contributed by atoms with Crippen LogP contribution < -0.4 is 4.74 Å². The molecule has 4 aromatic rings. The first-order chi connectivity index (χ1) is 15.1. The number of β-amino-alcohol motifs (C(OH)–C–C–N with tert-alkyl or cyclic N) is 1. The van der Waals surface area contributed by atoms with Crippen molar-refractivity contribution >= 4 is 32.5 Å². The zero-order valence-electron chi connectivity index (χ0n) is 18.0. The van der Waals surface area contributed by atoms with Gasteiger partial charge < -0.3 is 14.8 Å². The molecule has 0 aliphatic carbocycles. The average Bonchev–Trinajstić information content (AvgIpc) is 3.41. The second-order valence-electron chi connectivity index (χ2n) is 8.70. The molecule has 5 rings (SSSR count). The Labute approximate surface area is 186 Å². The molecule has 0 bridgehead atoms. The van der Waals surface area contributed by atoms with E-state index in [0.29, 0.717) is 25.1 Å². The molecule has 1 saturated heterocycles. The van der Waals surface area contributed by atoms with E-state index in [0.717, 1.165) is 41.6 Å². The van der Waals surface area contributed by atoms with Crippen molar-refractivity contribution in [2.24, 2.45) is 0 Å². The number of aliphatic hydroxyl groups is 1. The standard InChI is InChI=1S/C25H29N3O2S/c1-16-5-3-8-23-24(16)27-25(31-23)18-10-12-28(17(2)13-18)14-19(29)15-30-22-7-4-6-21-20(22)9-11-26-21/h3-9,11,17-19,26,29H,10,12-15H2,1-2H3/t17-,18+,19-/m0/s1. The molecule has 3 heterocycles. The number of aromatic amines is 1. The molecule has 1 fully saturated rings. The maximum Gasteiger partial charge on any atom is 0.128 e. The van der Waals surface area contributed by atoms with Gasteiger partial charge in [0, 0.05) is 35.6 Å². The second kappa shape index (κ2) is 8.61. The molecule has 0 unspecified atom stereocenters. The van der Waals surface area contributed by atoms with Gasteiger partial charge in [0.25, 0.3) is 0 Å². The number of fused-ring (bicyclic) bond motifs is 2. The Morgan fingerprint density at radius 3 is 2.97 bits per heavy atom. The number of H-pyrrole nitrogens is 1. The SMILES string of the molecule is Cc1cccc2sc([C@@H]3CCN(C[C@H](O)COc4cccc5[nH]ccc45)[C@@H](C)C3)nc12. The van der Waals surface area contributed by atoms with Crippen LogP contribution in [-0.2, 0) is 0 Å². The predicted octanol–water partition coefficient (Wildman–Crippen LogP) is 5.09. The maximum atomic E-state index is 10.6. The van der Waals surface area contributed by atoms with Crippen molar-refractivity contribution in [1.82, 2.24) is 14.9 Å². The summed E-state index contributed by atoms with van der Waals surface area (Å²) >= 11 is 1.84. The molecule has 1 aliphatic heterocycles. The summed E-state index contributed by atoms with van der Waals surface area (Å²) < 4.78 is 7.23. The van der Waals surface area contributed by atoms with Crippen LogP contribution in [0, 0.1) is 6.92 Å². The number of aromatic nitrogens is 2. The van der Waals surface area contributed by atoms with E-state index in [1.165, 1.54) is 15.3 Å². The smallest absolute Gasteiger partial charge is 0.128 e. The van der Waals surface area contributed by atoms with E-state index in [2.05, 4.69) is 41.9 Å². The molecule has 0 amide bonds. The van der Waals surface area contributed by atoms with E-state index < -0.39 is 6.10 Å². The van der Waals surface area contributed by atoms with Crippen molar-refractivity contribution in [3.8, 4) is 5.75 Å². The number of hydrogen-bond acceptors (Lipinski definition) is 5. The third kappa shape index (κ3) is 4.20. The van der Waals surface area contributed by atoms with Gasteiger partial charge in [0.2, 0.25) is 0 Å². The van der Waals surface area contributed by atoms with Crippen molar-refractivity contribution < 1.29 is 9.84 Å². The molecule has 0 spiro atoms. The molecule has 2 aromatic carbocycles. The largest absolute Gasteiger partial charge is 0.490 e. The van der Waals surface area contributed by atoms with Crippen molar-refractivity contribution in [3.05, 3.63) is 59.2 Å². The van der Waals surface area contributed by atoms with Gasteiger partial charge in [0.15, 0.2) is 0 Å². The zero-order chi connectivity index (χ0) is 21.4. The number of aliphatic hydroxyl groups excluding tert-OH is 1. The summed E-state index contributed by atoms with van der Waals surface area (Å²) in [7, 11) is 0. The fourth-order valence-corrected chi connectivity index (χ4v) is 5.88. The molecule has 1 aliphatic rings. The molecular weight excluding hydrogens is 406 g/mol. The monoisotopic (exact) mass is 435 g/mol. The van der Waals surface area contributed by atoms with Gasteiger partial charge in [0.05, 0.1) is 15.2 Å². The molecule has 162 valence electrons. The van der Waals surface area contributed by atoms with Crippen LogP contribution in [0.2, 0.25) is 0 Å². The van der Waals surface area contributed by atoms with Gasteiger partial charge in [-0.3, -0.25) is 4.90 Å². The Morgan fingerprint density at radius 2 is 2.13 bits per heavy atom. The highest BCUT2D eigenvalue weighted by molar-refractivity contribution is 7.18. The zero-order valence-corrected chi connectivity index (χ0v) is 18.9. The number of thiazole rings is 1. The number of ether oxygens (including phenoxy) is 1. The number of nitrogens with one attached hydrogen (secondary N) is 1. The molecule has 3 atom stereocenters. The fourth-order valence-electron chi connectivity index (χ4n) is 4.69. The van der Waals surface area contributed by atoms with E-state index in [9.17, 15) is 5.11 Å². The minimum atomic E-state index is -0.515. The highest BCUT2D eigenvalue weighted by atomic mass is 32.1. The number of likely N-dealkylation sites (tertiary alicyclic amines) is 1. The lowest BCUT2D eigenvalue weighted by molar-refractivity contribution is 0.0406. The van der Waals surface area contributed by atoms with Crippen molar-refractivity contribution in [2.45, 2.75) is 44.8 Å². The molecule has 0 saturated carbocycles. The molecule has 6 heteroatoms. The van der Waals surface area contributed by atoms with Crippen molar-refractivity contribution in [2.75, 3.05) is 19.7 Å². The first-order valence-corrected chi connectivity index (χ1v) is 11.9. The Bertz CT molecular complexity index is 1180. The van der Waals surface area contributed by atoms with Gasteiger partial charge in [0.1, 0.15) is 18.5 Å². The summed E-state index contributed by atoms with van der Waals surface area (Å²) in [4.78, 5) is 10.5. The van der Waals surface area contributed by atoms with Gasteiger partial charge in [-0.1, -0.05) is 18.2 Å². The van der Waals surface area contributed by atoms with Crippen molar-refractivity contribution in [3.63, 3.8) is 0 Å². The third-order valence-electron chi connectivity index (χ3n) is 6.43. The van der Waals surface area contributed by atoms with Gasteiger partial charge in [-0.2, -0.15) is 0 Å². The molecule has 2 aromatic heterocycles. The quantitative estimate of drug-likeness (QED) is 0.443. The van der Waals surface area contributed by atoms with Gasteiger partial charge >= 0.3 is 0 Å².